The third kappa shape index (κ3) is 6.20. The van der Waals surface area contributed by atoms with Gasteiger partial charge in [-0.3, -0.25) is 19.7 Å². The quantitative estimate of drug-likeness (QED) is 0.180. The van der Waals surface area contributed by atoms with Crippen molar-refractivity contribution < 1.29 is 14.5 Å². The van der Waals surface area contributed by atoms with Crippen molar-refractivity contribution in [3.8, 4) is 0 Å². The Bertz CT molecular complexity index is 1370. The number of rotatable bonds is 9. The Morgan fingerprint density at radius 1 is 1.00 bits per heavy atom. The summed E-state index contributed by atoms with van der Waals surface area (Å²) in [5.41, 5.74) is 2.02. The molecule has 2 amide bonds. The Morgan fingerprint density at radius 3 is 2.43 bits per heavy atom. The maximum Gasteiger partial charge on any atom is 0.269 e. The van der Waals surface area contributed by atoms with Gasteiger partial charge in [-0.05, 0) is 42.5 Å². The van der Waals surface area contributed by atoms with E-state index in [1.165, 1.54) is 36.0 Å². The van der Waals surface area contributed by atoms with Gasteiger partial charge in [-0.2, -0.15) is 0 Å². The number of halogens is 1. The first-order chi connectivity index (χ1) is 16.9. The van der Waals surface area contributed by atoms with E-state index in [0.717, 1.165) is 15.8 Å². The minimum absolute atomic E-state index is 0.0328. The number of benzene rings is 3. The van der Waals surface area contributed by atoms with Gasteiger partial charge in [0.05, 0.1) is 10.7 Å². The second kappa shape index (κ2) is 11.1. The largest absolute Gasteiger partial charge is 0.350 e. The predicted octanol–water partition coefficient (Wildman–Crippen LogP) is 5.36. The summed E-state index contributed by atoms with van der Waals surface area (Å²) < 4.78 is 2.05. The molecular weight excluding hydrogens is 488 g/mol. The highest BCUT2D eigenvalue weighted by molar-refractivity contribution is 8.00. The van der Waals surface area contributed by atoms with Gasteiger partial charge in [0.1, 0.15) is 0 Å². The first-order valence-electron chi connectivity index (χ1n) is 10.7. The molecular formula is C25H21ClN4O4S. The number of thioether (sulfide) groups is 1. The summed E-state index contributed by atoms with van der Waals surface area (Å²) in [5, 5.41) is 18.0. The number of nitro groups is 1. The first kappa shape index (κ1) is 24.3. The molecule has 4 aromatic rings. The standard InChI is InChI=1S/C25H21ClN4O4S/c26-18-7-5-17(6-8-18)25(32)27-13-14-29-15-23(21-3-1-2-4-22(21)29)35-16-24(31)28-19-9-11-20(12-10-19)30(33)34/h1-12,15H,13-14,16H2,(H,27,32)(H,28,31). The van der Waals surface area contributed by atoms with Crippen molar-refractivity contribution in [3.05, 3.63) is 99.7 Å². The number of hydrogen-bond donors (Lipinski definition) is 2. The number of fused-ring (bicyclic) bond motifs is 1. The Labute approximate surface area is 210 Å². The van der Waals surface area contributed by atoms with Gasteiger partial charge in [-0.15, -0.1) is 11.8 Å². The van der Waals surface area contributed by atoms with Gasteiger partial charge in [-0.1, -0.05) is 29.8 Å². The molecule has 35 heavy (non-hydrogen) atoms. The summed E-state index contributed by atoms with van der Waals surface area (Å²) in [7, 11) is 0. The average molecular weight is 509 g/mol. The van der Waals surface area contributed by atoms with Gasteiger partial charge >= 0.3 is 0 Å². The lowest BCUT2D eigenvalue weighted by Crippen LogP contribution is -2.27. The zero-order valence-corrected chi connectivity index (χ0v) is 20.0. The van der Waals surface area contributed by atoms with Crippen LogP contribution in [0.4, 0.5) is 11.4 Å². The van der Waals surface area contributed by atoms with E-state index in [4.69, 9.17) is 11.6 Å². The summed E-state index contributed by atoms with van der Waals surface area (Å²) in [6.45, 7) is 1.00. The summed E-state index contributed by atoms with van der Waals surface area (Å²) in [6.07, 6.45) is 1.98. The van der Waals surface area contributed by atoms with Gasteiger partial charge in [0, 0.05) is 63.5 Å². The molecule has 0 aliphatic heterocycles. The minimum Gasteiger partial charge on any atom is -0.350 e. The van der Waals surface area contributed by atoms with Crippen LogP contribution >= 0.6 is 23.4 Å². The number of para-hydroxylation sites is 1. The van der Waals surface area contributed by atoms with Crippen LogP contribution < -0.4 is 10.6 Å². The van der Waals surface area contributed by atoms with E-state index in [1.807, 2.05) is 35.0 Å². The molecule has 10 heteroatoms. The molecule has 1 aromatic heterocycles. The second-order valence-corrected chi connectivity index (χ2v) is 9.06. The molecule has 3 aromatic carbocycles. The molecule has 0 fully saturated rings. The normalized spacial score (nSPS) is 10.8. The van der Waals surface area contributed by atoms with Crippen molar-refractivity contribution in [1.29, 1.82) is 0 Å². The van der Waals surface area contributed by atoms with Crippen LogP contribution in [0.2, 0.25) is 5.02 Å². The van der Waals surface area contributed by atoms with E-state index < -0.39 is 4.92 Å². The highest BCUT2D eigenvalue weighted by Gasteiger charge is 2.12. The van der Waals surface area contributed by atoms with Crippen molar-refractivity contribution in [1.82, 2.24) is 9.88 Å². The third-order valence-electron chi connectivity index (χ3n) is 5.22. The molecule has 4 rings (SSSR count). The number of nitro benzene ring substituents is 1. The lowest BCUT2D eigenvalue weighted by atomic mass is 10.2. The predicted molar refractivity (Wildman–Crippen MR) is 138 cm³/mol. The maximum atomic E-state index is 12.4. The average Bonchev–Trinajstić information content (AvgIpc) is 3.21. The van der Waals surface area contributed by atoms with Gasteiger partial charge in [0.2, 0.25) is 5.91 Å². The SMILES string of the molecule is O=C(CSc1cn(CCNC(=O)c2ccc(Cl)cc2)c2ccccc12)Nc1ccc([N+](=O)[O-])cc1. The number of anilines is 1. The molecule has 0 bridgehead atoms. The molecule has 2 N–H and O–H groups in total. The van der Waals surface area contributed by atoms with E-state index in [-0.39, 0.29) is 23.3 Å². The zero-order chi connectivity index (χ0) is 24.8. The lowest BCUT2D eigenvalue weighted by molar-refractivity contribution is -0.384. The number of nitrogens with one attached hydrogen (secondary N) is 2. The van der Waals surface area contributed by atoms with Crippen molar-refractivity contribution in [2.24, 2.45) is 0 Å². The molecule has 0 atom stereocenters. The Balaban J connectivity index is 1.36. The fourth-order valence-electron chi connectivity index (χ4n) is 3.51. The van der Waals surface area contributed by atoms with Crippen LogP contribution in [0.25, 0.3) is 10.9 Å². The summed E-state index contributed by atoms with van der Waals surface area (Å²) in [4.78, 5) is 36.0. The number of non-ortho nitro benzene ring substituents is 1. The van der Waals surface area contributed by atoms with Crippen molar-refractivity contribution in [2.75, 3.05) is 17.6 Å². The van der Waals surface area contributed by atoms with E-state index >= 15 is 0 Å². The van der Waals surface area contributed by atoms with Crippen molar-refractivity contribution in [3.63, 3.8) is 0 Å². The van der Waals surface area contributed by atoms with Gasteiger partial charge in [0.15, 0.2) is 0 Å². The van der Waals surface area contributed by atoms with Crippen LogP contribution in [0.15, 0.2) is 83.9 Å². The molecule has 0 radical (unpaired) electrons. The number of aromatic nitrogens is 1. The number of hydrogen-bond acceptors (Lipinski definition) is 5. The fourth-order valence-corrected chi connectivity index (χ4v) is 4.53. The maximum absolute atomic E-state index is 12.4. The third-order valence-corrected chi connectivity index (χ3v) is 6.51. The molecule has 0 spiro atoms. The zero-order valence-electron chi connectivity index (χ0n) is 18.4. The number of amides is 2. The molecule has 0 unspecified atom stereocenters. The highest BCUT2D eigenvalue weighted by Crippen LogP contribution is 2.30. The molecule has 1 heterocycles. The number of carbonyl (C=O) groups excluding carboxylic acids is 2. The lowest BCUT2D eigenvalue weighted by Gasteiger charge is -2.08. The van der Waals surface area contributed by atoms with E-state index in [9.17, 15) is 19.7 Å². The highest BCUT2D eigenvalue weighted by atomic mass is 35.5. The van der Waals surface area contributed by atoms with Crippen molar-refractivity contribution in [2.45, 2.75) is 11.4 Å². The van der Waals surface area contributed by atoms with E-state index in [1.54, 1.807) is 24.3 Å². The van der Waals surface area contributed by atoms with Crippen LogP contribution in [0.1, 0.15) is 10.4 Å². The topological polar surface area (TPSA) is 106 Å². The van der Waals surface area contributed by atoms with Crippen LogP contribution in [-0.4, -0.2) is 33.6 Å². The second-order valence-electron chi connectivity index (χ2n) is 7.61. The summed E-state index contributed by atoms with van der Waals surface area (Å²) in [5.74, 6) is -0.204. The molecule has 0 saturated carbocycles. The summed E-state index contributed by atoms with van der Waals surface area (Å²) >= 11 is 7.28. The molecule has 0 aliphatic rings. The molecule has 8 nitrogen and oxygen atoms in total. The van der Waals surface area contributed by atoms with Crippen molar-refractivity contribution >= 4 is 57.5 Å². The number of nitrogens with zero attached hydrogens (tertiary/aromatic N) is 2. The Kier molecular flexibility index (Phi) is 7.69. The van der Waals surface area contributed by atoms with Crippen LogP contribution in [0.5, 0.6) is 0 Å². The van der Waals surface area contributed by atoms with Crippen LogP contribution in [0, 0.1) is 10.1 Å². The van der Waals surface area contributed by atoms with Crippen LogP contribution in [-0.2, 0) is 11.3 Å². The molecule has 178 valence electrons. The number of carbonyl (C=O) groups is 2. The minimum atomic E-state index is -0.486. The van der Waals surface area contributed by atoms with Gasteiger partial charge in [-0.25, -0.2) is 0 Å². The molecule has 0 saturated heterocycles. The molecule has 0 aliphatic carbocycles. The van der Waals surface area contributed by atoms with Crippen LogP contribution in [0.3, 0.4) is 0 Å². The monoisotopic (exact) mass is 508 g/mol. The van der Waals surface area contributed by atoms with E-state index in [2.05, 4.69) is 10.6 Å². The summed E-state index contributed by atoms with van der Waals surface area (Å²) in [6, 6.07) is 20.3. The van der Waals surface area contributed by atoms with Gasteiger partial charge < -0.3 is 15.2 Å². The fraction of sp³-hybridized carbons (Fsp3) is 0.120. The Morgan fingerprint density at radius 2 is 1.71 bits per heavy atom. The van der Waals surface area contributed by atoms with E-state index in [0.29, 0.717) is 29.4 Å². The Hall–Kier alpha value is -3.82. The van der Waals surface area contributed by atoms with Gasteiger partial charge in [0.25, 0.3) is 11.6 Å². The smallest absolute Gasteiger partial charge is 0.269 e. The first-order valence-corrected chi connectivity index (χ1v) is 12.1.